The quantitative estimate of drug-likeness (QED) is 0.293. The summed E-state index contributed by atoms with van der Waals surface area (Å²) in [6.45, 7) is 10.4. The van der Waals surface area contributed by atoms with E-state index in [4.69, 9.17) is 14.2 Å². The smallest absolute Gasteiger partial charge is 0.142 e. The zero-order valence-corrected chi connectivity index (χ0v) is 15.0. The Balaban J connectivity index is 3.50. The van der Waals surface area contributed by atoms with Gasteiger partial charge in [0.15, 0.2) is 0 Å². The van der Waals surface area contributed by atoms with E-state index >= 15 is 0 Å². The monoisotopic (exact) mass is 291 g/mol. The average molecular weight is 292 g/mol. The van der Waals surface area contributed by atoms with Gasteiger partial charge in [-0.1, -0.05) is 6.04 Å². The van der Waals surface area contributed by atoms with E-state index in [1.807, 2.05) is 13.8 Å². The van der Waals surface area contributed by atoms with E-state index < -0.39 is 0 Å². The van der Waals surface area contributed by atoms with Gasteiger partial charge in [-0.25, -0.2) is 0 Å². The lowest BCUT2D eigenvalue weighted by atomic mass is 10.4. The predicted molar refractivity (Wildman–Crippen MR) is 83.6 cm³/mol. The van der Waals surface area contributed by atoms with Crippen LogP contribution in [0.4, 0.5) is 0 Å². The molecule has 0 N–H and O–H groups in total. The molecular weight excluding hydrogens is 258 g/mol. The maximum Gasteiger partial charge on any atom is 0.142 e. The second kappa shape index (κ2) is 11.8. The zero-order chi connectivity index (χ0) is 14.6. The molecule has 0 atom stereocenters. The first-order chi connectivity index (χ1) is 9.04. The van der Waals surface area contributed by atoms with Crippen LogP contribution in [0.25, 0.3) is 0 Å². The van der Waals surface area contributed by atoms with Crippen molar-refractivity contribution >= 4 is 9.52 Å². The Bertz CT molecular complexity index is 197. The fraction of sp³-hybridized carbons (Fsp3) is 1.00. The van der Waals surface area contributed by atoms with Gasteiger partial charge in [0, 0.05) is 26.4 Å². The van der Waals surface area contributed by atoms with Crippen LogP contribution in [-0.4, -0.2) is 66.9 Å². The molecule has 0 aliphatic rings. The van der Waals surface area contributed by atoms with Crippen LogP contribution in [0.3, 0.4) is 0 Å². The highest BCUT2D eigenvalue weighted by molar-refractivity contribution is 6.38. The molecule has 0 saturated heterocycles. The largest absolute Gasteiger partial charge is 0.381 e. The summed E-state index contributed by atoms with van der Waals surface area (Å²) in [6.07, 6.45) is 2.24. The van der Waals surface area contributed by atoms with Gasteiger partial charge in [0.1, 0.15) is 5.41 Å². The van der Waals surface area contributed by atoms with Crippen molar-refractivity contribution in [2.75, 3.05) is 47.1 Å². The number of nitrogens with zero attached hydrogens (tertiary/aromatic N) is 1. The van der Waals surface area contributed by atoms with E-state index in [2.05, 4.69) is 25.9 Å². The maximum absolute atomic E-state index is 5.73. The Hall–Kier alpha value is 0.0569. The van der Waals surface area contributed by atoms with E-state index in [0.717, 1.165) is 45.8 Å². The van der Waals surface area contributed by atoms with Gasteiger partial charge in [-0.3, -0.25) is 0 Å². The predicted octanol–water partition coefficient (Wildman–Crippen LogP) is 1.68. The summed E-state index contributed by atoms with van der Waals surface area (Å²) in [5, 5.41) is 0. The normalized spacial score (nSPS) is 12.9. The van der Waals surface area contributed by atoms with Crippen LogP contribution < -0.4 is 0 Å². The summed E-state index contributed by atoms with van der Waals surface area (Å²) in [6, 6.07) is 1.21. The van der Waals surface area contributed by atoms with E-state index in [-0.39, 0.29) is 14.9 Å². The number of hydrogen-bond donors (Lipinski definition) is 0. The lowest BCUT2D eigenvalue weighted by Gasteiger charge is -2.29. The van der Waals surface area contributed by atoms with Crippen molar-refractivity contribution in [3.8, 4) is 0 Å². The molecule has 0 aromatic rings. The zero-order valence-electron chi connectivity index (χ0n) is 13.5. The molecule has 19 heavy (non-hydrogen) atoms. The molecule has 0 aromatic heterocycles. The van der Waals surface area contributed by atoms with Crippen LogP contribution >= 0.6 is 0 Å². The van der Waals surface area contributed by atoms with Crippen molar-refractivity contribution in [2.24, 2.45) is 0 Å². The summed E-state index contributed by atoms with van der Waals surface area (Å²) >= 11 is 0. The summed E-state index contributed by atoms with van der Waals surface area (Å²) in [5.74, 6) is 0. The lowest BCUT2D eigenvalue weighted by molar-refractivity contribution is -0.163. The second-order valence-corrected chi connectivity index (χ2v) is 7.72. The summed E-state index contributed by atoms with van der Waals surface area (Å²) in [4.78, 5) is 2.19. The molecule has 4 nitrogen and oxygen atoms in total. The van der Waals surface area contributed by atoms with Crippen molar-refractivity contribution in [3.63, 3.8) is 0 Å². The van der Waals surface area contributed by atoms with E-state index in [9.17, 15) is 0 Å². The first-order valence-electron chi connectivity index (χ1n) is 7.54. The van der Waals surface area contributed by atoms with E-state index in [1.165, 1.54) is 6.04 Å². The first kappa shape index (κ1) is 19.1. The minimum absolute atomic E-state index is 0.283. The van der Waals surface area contributed by atoms with E-state index in [1.54, 1.807) is 0 Å². The molecular formula is C14H33NO3Si. The van der Waals surface area contributed by atoms with Gasteiger partial charge in [-0.05, 0) is 54.3 Å². The maximum atomic E-state index is 5.73. The first-order valence-corrected chi connectivity index (χ1v) is 9.25. The molecule has 0 aliphatic heterocycles. The Morgan fingerprint density at radius 1 is 1.00 bits per heavy atom. The highest BCUT2D eigenvalue weighted by Gasteiger charge is 2.24. The summed E-state index contributed by atoms with van der Waals surface area (Å²) in [5.41, 5.74) is -0.283. The van der Waals surface area contributed by atoms with Gasteiger partial charge < -0.3 is 19.1 Å². The standard InChI is InChI=1S/C14H33NO3Si/c1-6-17-14(3,18-7-2)19-13-9-12-16-11-8-10-15(4)5/h6-13,19H2,1-5H3. The van der Waals surface area contributed by atoms with Crippen LogP contribution in [0, 0.1) is 0 Å². The van der Waals surface area contributed by atoms with Gasteiger partial charge in [-0.15, -0.1) is 0 Å². The average Bonchev–Trinajstić information content (AvgIpc) is 2.33. The molecule has 0 rings (SSSR count). The Kier molecular flexibility index (Phi) is 11.9. The molecule has 0 spiro atoms. The summed E-state index contributed by atoms with van der Waals surface area (Å²) < 4.78 is 17.1. The molecule has 0 heterocycles. The molecule has 0 saturated carbocycles. The highest BCUT2D eigenvalue weighted by Crippen LogP contribution is 2.13. The van der Waals surface area contributed by atoms with Crippen LogP contribution in [0.15, 0.2) is 0 Å². The van der Waals surface area contributed by atoms with Gasteiger partial charge in [-0.2, -0.15) is 0 Å². The van der Waals surface area contributed by atoms with Gasteiger partial charge in [0.25, 0.3) is 0 Å². The van der Waals surface area contributed by atoms with Gasteiger partial charge in [0.2, 0.25) is 0 Å². The molecule has 0 unspecified atom stereocenters. The lowest BCUT2D eigenvalue weighted by Crippen LogP contribution is -2.39. The van der Waals surface area contributed by atoms with Gasteiger partial charge in [0.05, 0.1) is 9.52 Å². The molecule has 0 fully saturated rings. The molecule has 0 radical (unpaired) electrons. The van der Waals surface area contributed by atoms with Crippen molar-refractivity contribution in [1.29, 1.82) is 0 Å². The Labute approximate surface area is 121 Å². The molecule has 116 valence electrons. The Morgan fingerprint density at radius 2 is 1.58 bits per heavy atom. The van der Waals surface area contributed by atoms with Crippen molar-refractivity contribution < 1.29 is 14.2 Å². The third kappa shape index (κ3) is 11.6. The fourth-order valence-corrected chi connectivity index (χ4v) is 3.83. The molecule has 5 heteroatoms. The number of ether oxygens (including phenoxy) is 3. The van der Waals surface area contributed by atoms with Crippen molar-refractivity contribution in [1.82, 2.24) is 4.90 Å². The molecule has 0 bridgehead atoms. The number of hydrogen-bond acceptors (Lipinski definition) is 4. The van der Waals surface area contributed by atoms with Crippen molar-refractivity contribution in [2.45, 2.75) is 45.1 Å². The topological polar surface area (TPSA) is 30.9 Å². The third-order valence-electron chi connectivity index (χ3n) is 2.96. The minimum atomic E-state index is -0.378. The fourth-order valence-electron chi connectivity index (χ4n) is 2.03. The van der Waals surface area contributed by atoms with Gasteiger partial charge >= 0.3 is 0 Å². The van der Waals surface area contributed by atoms with Crippen LogP contribution in [0.1, 0.15) is 33.6 Å². The van der Waals surface area contributed by atoms with Crippen LogP contribution in [0.5, 0.6) is 0 Å². The number of rotatable bonds is 13. The van der Waals surface area contributed by atoms with Crippen LogP contribution in [-0.2, 0) is 14.2 Å². The molecule has 0 aromatic carbocycles. The summed E-state index contributed by atoms with van der Waals surface area (Å²) in [7, 11) is 3.80. The SMILES string of the molecule is CCOC(C)(OCC)[SiH2]CCCOCCCN(C)C. The minimum Gasteiger partial charge on any atom is -0.381 e. The molecule has 0 aliphatic carbocycles. The van der Waals surface area contributed by atoms with Crippen molar-refractivity contribution in [3.05, 3.63) is 0 Å². The molecule has 0 amide bonds. The Morgan fingerprint density at radius 3 is 2.11 bits per heavy atom. The van der Waals surface area contributed by atoms with Crippen LogP contribution in [0.2, 0.25) is 6.04 Å². The third-order valence-corrected chi connectivity index (χ3v) is 5.13. The highest BCUT2D eigenvalue weighted by atomic mass is 28.2. The second-order valence-electron chi connectivity index (χ2n) is 5.23. The van der Waals surface area contributed by atoms with E-state index in [0.29, 0.717) is 0 Å².